The van der Waals surface area contributed by atoms with Crippen LogP contribution >= 0.6 is 0 Å². The summed E-state index contributed by atoms with van der Waals surface area (Å²) in [6, 6.07) is 9.88. The van der Waals surface area contributed by atoms with Crippen molar-refractivity contribution in [2.75, 3.05) is 6.26 Å². The maximum Gasteiger partial charge on any atom is 0.212 e. The zero-order chi connectivity index (χ0) is 10.3. The van der Waals surface area contributed by atoms with Crippen LogP contribution in [-0.2, 0) is 10.0 Å². The maximum absolute atomic E-state index is 11.3. The Labute approximate surface area is 84.4 Å². The van der Waals surface area contributed by atoms with Crippen molar-refractivity contribution in [2.45, 2.75) is 19.0 Å². The third-order valence-electron chi connectivity index (χ3n) is 2.57. The summed E-state index contributed by atoms with van der Waals surface area (Å²) in [5.41, 5.74) is 1.07. The highest BCUT2D eigenvalue weighted by molar-refractivity contribution is 7.88. The highest BCUT2D eigenvalue weighted by atomic mass is 32.2. The summed E-state index contributed by atoms with van der Waals surface area (Å²) in [6.45, 7) is 1.93. The molecule has 0 N–H and O–H groups in total. The van der Waals surface area contributed by atoms with Gasteiger partial charge >= 0.3 is 0 Å². The van der Waals surface area contributed by atoms with E-state index in [9.17, 15) is 8.42 Å². The lowest BCUT2D eigenvalue weighted by molar-refractivity contribution is 0.555. The lowest BCUT2D eigenvalue weighted by atomic mass is 10.1. The quantitative estimate of drug-likeness (QED) is 0.693. The lowest BCUT2D eigenvalue weighted by Crippen LogP contribution is -2.10. The molecule has 1 saturated heterocycles. The molecule has 1 aliphatic rings. The molecule has 1 aromatic rings. The van der Waals surface area contributed by atoms with Crippen LogP contribution < -0.4 is 0 Å². The molecule has 1 fully saturated rings. The number of hydrogen-bond acceptors (Lipinski definition) is 2. The van der Waals surface area contributed by atoms with Gasteiger partial charge in [-0.2, -0.15) is 4.31 Å². The van der Waals surface area contributed by atoms with Crippen molar-refractivity contribution in [1.29, 1.82) is 0 Å². The van der Waals surface area contributed by atoms with Crippen molar-refractivity contribution in [1.82, 2.24) is 4.31 Å². The van der Waals surface area contributed by atoms with E-state index in [-0.39, 0.29) is 12.1 Å². The maximum atomic E-state index is 11.3. The smallest absolute Gasteiger partial charge is 0.212 e. The molecule has 3 atom stereocenters. The van der Waals surface area contributed by atoms with Gasteiger partial charge in [0.15, 0.2) is 0 Å². The topological polar surface area (TPSA) is 37.1 Å². The van der Waals surface area contributed by atoms with Crippen molar-refractivity contribution in [2.24, 2.45) is 0 Å². The van der Waals surface area contributed by atoms with Crippen LogP contribution in [0.3, 0.4) is 0 Å². The van der Waals surface area contributed by atoms with Gasteiger partial charge in [-0.15, -0.1) is 0 Å². The van der Waals surface area contributed by atoms with E-state index < -0.39 is 10.0 Å². The van der Waals surface area contributed by atoms with Crippen LogP contribution in [0.25, 0.3) is 0 Å². The molecule has 0 saturated carbocycles. The van der Waals surface area contributed by atoms with Gasteiger partial charge < -0.3 is 0 Å². The van der Waals surface area contributed by atoms with Gasteiger partial charge in [0.1, 0.15) is 0 Å². The van der Waals surface area contributed by atoms with Crippen LogP contribution in [0.2, 0.25) is 0 Å². The van der Waals surface area contributed by atoms with Gasteiger partial charge in [-0.05, 0) is 12.5 Å². The molecule has 0 spiro atoms. The van der Waals surface area contributed by atoms with Crippen molar-refractivity contribution in [3.05, 3.63) is 35.9 Å². The van der Waals surface area contributed by atoms with E-state index in [1.165, 1.54) is 10.6 Å². The number of benzene rings is 1. The fraction of sp³-hybridized carbons (Fsp3) is 0.400. The minimum Gasteiger partial charge on any atom is -0.212 e. The van der Waals surface area contributed by atoms with E-state index in [0.717, 1.165) is 5.56 Å². The molecular formula is C10H13NO2S. The zero-order valence-corrected chi connectivity index (χ0v) is 9.03. The highest BCUT2D eigenvalue weighted by Gasteiger charge is 2.50. The first-order valence-electron chi connectivity index (χ1n) is 4.55. The minimum absolute atomic E-state index is 0.0474. The van der Waals surface area contributed by atoms with Gasteiger partial charge in [0.05, 0.1) is 12.3 Å². The highest BCUT2D eigenvalue weighted by Crippen LogP contribution is 2.44. The second-order valence-corrected chi connectivity index (χ2v) is 5.58. The predicted molar refractivity (Wildman–Crippen MR) is 55.3 cm³/mol. The van der Waals surface area contributed by atoms with Crippen LogP contribution in [0.15, 0.2) is 30.3 Å². The SMILES string of the molecule is C[C@H]1[C@H](c2ccccc2)N1S(C)(=O)=O. The van der Waals surface area contributed by atoms with E-state index in [1.807, 2.05) is 37.3 Å². The van der Waals surface area contributed by atoms with E-state index in [0.29, 0.717) is 0 Å². The van der Waals surface area contributed by atoms with Gasteiger partial charge in [0, 0.05) is 6.04 Å². The molecule has 0 bridgehead atoms. The van der Waals surface area contributed by atoms with E-state index in [1.54, 1.807) is 0 Å². The largest absolute Gasteiger partial charge is 0.212 e. The summed E-state index contributed by atoms with van der Waals surface area (Å²) in [6.07, 6.45) is 1.26. The number of hydrogen-bond donors (Lipinski definition) is 0. The Bertz CT molecular complexity index is 427. The fourth-order valence-electron chi connectivity index (χ4n) is 1.91. The van der Waals surface area contributed by atoms with Crippen LogP contribution in [0, 0.1) is 0 Å². The zero-order valence-electron chi connectivity index (χ0n) is 8.21. The third kappa shape index (κ3) is 1.55. The van der Waals surface area contributed by atoms with Crippen LogP contribution in [0.1, 0.15) is 18.5 Å². The first-order valence-corrected chi connectivity index (χ1v) is 6.40. The summed E-state index contributed by atoms with van der Waals surface area (Å²) in [4.78, 5) is 0. The molecule has 76 valence electrons. The summed E-state index contributed by atoms with van der Waals surface area (Å²) < 4.78 is 24.2. The van der Waals surface area contributed by atoms with Gasteiger partial charge in [0.25, 0.3) is 0 Å². The Morgan fingerprint density at radius 1 is 1.21 bits per heavy atom. The van der Waals surface area contributed by atoms with Gasteiger partial charge in [-0.25, -0.2) is 8.42 Å². The van der Waals surface area contributed by atoms with E-state index >= 15 is 0 Å². The Hall–Kier alpha value is -0.870. The first kappa shape index (κ1) is 9.68. The minimum atomic E-state index is -3.04. The molecule has 0 amide bonds. The molecule has 0 aromatic heterocycles. The first-order chi connectivity index (χ1) is 6.52. The molecule has 1 heterocycles. The molecule has 2 rings (SSSR count). The average Bonchev–Trinajstić information content (AvgIpc) is 2.78. The van der Waals surface area contributed by atoms with Crippen molar-refractivity contribution in [3.63, 3.8) is 0 Å². The van der Waals surface area contributed by atoms with Crippen molar-refractivity contribution >= 4 is 10.0 Å². The van der Waals surface area contributed by atoms with Crippen LogP contribution in [-0.4, -0.2) is 25.0 Å². The summed E-state index contributed by atoms with van der Waals surface area (Å²) >= 11 is 0. The fourth-order valence-corrected chi connectivity index (χ4v) is 3.28. The van der Waals surface area contributed by atoms with E-state index in [2.05, 4.69) is 0 Å². The molecule has 0 radical (unpaired) electrons. The molecular weight excluding hydrogens is 198 g/mol. The molecule has 1 aliphatic heterocycles. The number of nitrogens with zero attached hydrogens (tertiary/aromatic N) is 1. The van der Waals surface area contributed by atoms with Gasteiger partial charge in [-0.1, -0.05) is 30.3 Å². The van der Waals surface area contributed by atoms with E-state index in [4.69, 9.17) is 0 Å². The Morgan fingerprint density at radius 2 is 1.79 bits per heavy atom. The molecule has 14 heavy (non-hydrogen) atoms. The van der Waals surface area contributed by atoms with Crippen LogP contribution in [0.5, 0.6) is 0 Å². The molecule has 1 unspecified atom stereocenters. The molecule has 3 nitrogen and oxygen atoms in total. The average molecular weight is 211 g/mol. The summed E-state index contributed by atoms with van der Waals surface area (Å²) in [5.74, 6) is 0. The Kier molecular flexibility index (Phi) is 2.12. The van der Waals surface area contributed by atoms with Gasteiger partial charge in [0.2, 0.25) is 10.0 Å². The summed E-state index contributed by atoms with van der Waals surface area (Å²) in [5, 5.41) is 0. The molecule has 0 aliphatic carbocycles. The standard InChI is InChI=1S/C10H13NO2S/c1-8-10(11(8)14(2,12)13)9-6-4-3-5-7-9/h3-8,10H,1-2H3/t8-,10+,11?/m0/s1. The molecule has 4 heteroatoms. The number of rotatable bonds is 2. The lowest BCUT2D eigenvalue weighted by Gasteiger charge is -1.99. The second kappa shape index (κ2) is 3.07. The normalized spacial score (nSPS) is 31.4. The van der Waals surface area contributed by atoms with Gasteiger partial charge in [-0.3, -0.25) is 0 Å². The van der Waals surface area contributed by atoms with Crippen molar-refractivity contribution in [3.8, 4) is 0 Å². The van der Waals surface area contributed by atoms with Crippen LogP contribution in [0.4, 0.5) is 0 Å². The third-order valence-corrected chi connectivity index (χ3v) is 3.89. The Balaban J connectivity index is 2.26. The molecule has 1 aromatic carbocycles. The Morgan fingerprint density at radius 3 is 2.21 bits per heavy atom. The second-order valence-electron chi connectivity index (χ2n) is 3.69. The summed E-state index contributed by atoms with van der Waals surface area (Å²) in [7, 11) is -3.04. The monoisotopic (exact) mass is 211 g/mol. The number of sulfonamides is 1. The van der Waals surface area contributed by atoms with Crippen molar-refractivity contribution < 1.29 is 8.42 Å². The predicted octanol–water partition coefficient (Wildman–Crippen LogP) is 1.39.